The summed E-state index contributed by atoms with van der Waals surface area (Å²) in [5.41, 5.74) is 1.46. The number of nitrogens with zero attached hydrogens (tertiary/aromatic N) is 4. The molecule has 0 saturated carbocycles. The van der Waals surface area contributed by atoms with E-state index in [2.05, 4.69) is 25.6 Å². The first-order chi connectivity index (χ1) is 12.8. The minimum absolute atomic E-state index is 0.0621. The van der Waals surface area contributed by atoms with E-state index in [-0.39, 0.29) is 12.1 Å². The molecule has 6 nitrogen and oxygen atoms in total. The van der Waals surface area contributed by atoms with Gasteiger partial charge < -0.3 is 15.5 Å². The lowest BCUT2D eigenvalue weighted by atomic mass is 10.1. The maximum Gasteiger partial charge on any atom is 0.191 e. The Bertz CT molecular complexity index is 771. The summed E-state index contributed by atoms with van der Waals surface area (Å²) in [5.74, 6) is -0.592. The summed E-state index contributed by atoms with van der Waals surface area (Å²) in [6, 6.07) is 3.30. The maximum atomic E-state index is 14.0. The van der Waals surface area contributed by atoms with E-state index in [0.29, 0.717) is 24.6 Å². The van der Waals surface area contributed by atoms with E-state index in [4.69, 9.17) is 0 Å². The van der Waals surface area contributed by atoms with Crippen LogP contribution in [0.5, 0.6) is 0 Å². The van der Waals surface area contributed by atoms with Gasteiger partial charge in [0.05, 0.1) is 24.8 Å². The van der Waals surface area contributed by atoms with Gasteiger partial charge in [-0.05, 0) is 34.0 Å². The SMILES string of the molecule is CCNC(=NCC(c1cnn(C)c1)N(C)C)NC(C)c1ccc(F)cc1F. The third-order valence-electron chi connectivity index (χ3n) is 4.28. The molecular formula is C19H28F2N6. The van der Waals surface area contributed by atoms with Crippen molar-refractivity contribution in [3.05, 3.63) is 53.4 Å². The van der Waals surface area contributed by atoms with Gasteiger partial charge in [0.15, 0.2) is 5.96 Å². The van der Waals surface area contributed by atoms with Gasteiger partial charge in [0.2, 0.25) is 0 Å². The molecule has 2 atom stereocenters. The number of hydrogen-bond acceptors (Lipinski definition) is 3. The molecule has 1 heterocycles. The minimum Gasteiger partial charge on any atom is -0.357 e. The van der Waals surface area contributed by atoms with Crippen LogP contribution in [0.3, 0.4) is 0 Å². The van der Waals surface area contributed by atoms with Gasteiger partial charge in [0.25, 0.3) is 0 Å². The van der Waals surface area contributed by atoms with E-state index in [1.54, 1.807) is 4.68 Å². The molecule has 2 rings (SSSR count). The molecule has 27 heavy (non-hydrogen) atoms. The van der Waals surface area contributed by atoms with Crippen molar-refractivity contribution in [2.45, 2.75) is 25.9 Å². The van der Waals surface area contributed by atoms with Crippen molar-refractivity contribution in [1.82, 2.24) is 25.3 Å². The van der Waals surface area contributed by atoms with Crippen LogP contribution in [-0.2, 0) is 7.05 Å². The van der Waals surface area contributed by atoms with Crippen molar-refractivity contribution < 1.29 is 8.78 Å². The predicted octanol–water partition coefficient (Wildman–Crippen LogP) is 2.62. The zero-order chi connectivity index (χ0) is 20.0. The highest BCUT2D eigenvalue weighted by molar-refractivity contribution is 5.80. The van der Waals surface area contributed by atoms with Gasteiger partial charge in [-0.25, -0.2) is 8.78 Å². The first-order valence-corrected chi connectivity index (χ1v) is 8.96. The lowest BCUT2D eigenvalue weighted by Crippen LogP contribution is -2.39. The van der Waals surface area contributed by atoms with Crippen molar-refractivity contribution in [3.63, 3.8) is 0 Å². The van der Waals surface area contributed by atoms with Crippen LogP contribution in [0.15, 0.2) is 35.6 Å². The zero-order valence-electron chi connectivity index (χ0n) is 16.5. The Morgan fingerprint density at radius 1 is 1.33 bits per heavy atom. The molecule has 0 fully saturated rings. The Hall–Kier alpha value is -2.48. The highest BCUT2D eigenvalue weighted by atomic mass is 19.1. The van der Waals surface area contributed by atoms with E-state index >= 15 is 0 Å². The van der Waals surface area contributed by atoms with Gasteiger partial charge in [0, 0.05) is 37.0 Å². The minimum atomic E-state index is -0.589. The van der Waals surface area contributed by atoms with Gasteiger partial charge in [-0.2, -0.15) is 5.10 Å². The summed E-state index contributed by atoms with van der Waals surface area (Å²) in [5, 5.41) is 10.6. The van der Waals surface area contributed by atoms with E-state index in [1.807, 2.05) is 47.4 Å². The number of benzene rings is 1. The monoisotopic (exact) mass is 378 g/mol. The van der Waals surface area contributed by atoms with Gasteiger partial charge in [-0.15, -0.1) is 0 Å². The highest BCUT2D eigenvalue weighted by Gasteiger charge is 2.17. The number of nitrogens with one attached hydrogen (secondary N) is 2. The van der Waals surface area contributed by atoms with Crippen molar-refractivity contribution >= 4 is 5.96 Å². The van der Waals surface area contributed by atoms with Crippen LogP contribution in [0.4, 0.5) is 8.78 Å². The molecule has 2 N–H and O–H groups in total. The van der Waals surface area contributed by atoms with E-state index in [1.165, 1.54) is 12.1 Å². The fourth-order valence-electron chi connectivity index (χ4n) is 2.81. The molecule has 0 radical (unpaired) electrons. The number of rotatable bonds is 7. The number of halogens is 2. The summed E-state index contributed by atoms with van der Waals surface area (Å²) in [6.07, 6.45) is 3.80. The van der Waals surface area contributed by atoms with Crippen LogP contribution in [0.1, 0.15) is 37.1 Å². The molecule has 0 aliphatic heterocycles. The molecule has 2 unspecified atom stereocenters. The summed E-state index contributed by atoms with van der Waals surface area (Å²) in [6.45, 7) is 4.95. The van der Waals surface area contributed by atoms with Crippen LogP contribution in [0, 0.1) is 11.6 Å². The molecule has 0 saturated heterocycles. The Labute approximate surface area is 159 Å². The van der Waals surface area contributed by atoms with Gasteiger partial charge in [-0.1, -0.05) is 6.07 Å². The molecule has 0 spiro atoms. The van der Waals surface area contributed by atoms with Crippen LogP contribution >= 0.6 is 0 Å². The lowest BCUT2D eigenvalue weighted by molar-refractivity contribution is 0.306. The standard InChI is InChI=1S/C19H28F2N6/c1-6-22-19(25-13(2)16-8-7-15(20)9-17(16)21)23-11-18(26(3)4)14-10-24-27(5)12-14/h7-10,12-13,18H,6,11H2,1-5H3,(H2,22,23,25). The van der Waals surface area contributed by atoms with Gasteiger partial charge in [-0.3, -0.25) is 9.67 Å². The van der Waals surface area contributed by atoms with E-state index < -0.39 is 11.6 Å². The highest BCUT2D eigenvalue weighted by Crippen LogP contribution is 2.19. The predicted molar refractivity (Wildman–Crippen MR) is 104 cm³/mol. The number of likely N-dealkylation sites (N-methyl/N-ethyl adjacent to an activating group) is 1. The molecule has 2 aromatic rings. The number of aryl methyl sites for hydroxylation is 1. The van der Waals surface area contributed by atoms with Crippen LogP contribution in [-0.4, -0.2) is 47.8 Å². The number of aliphatic imine (C=N–C) groups is 1. The normalized spacial score (nSPS) is 14.3. The van der Waals surface area contributed by atoms with Crippen molar-refractivity contribution in [2.24, 2.45) is 12.0 Å². The second kappa shape index (κ2) is 9.45. The maximum absolute atomic E-state index is 14.0. The third kappa shape index (κ3) is 5.75. The third-order valence-corrected chi connectivity index (χ3v) is 4.28. The summed E-state index contributed by atoms with van der Waals surface area (Å²) in [4.78, 5) is 6.73. The van der Waals surface area contributed by atoms with Crippen LogP contribution in [0.2, 0.25) is 0 Å². The topological polar surface area (TPSA) is 57.5 Å². The Morgan fingerprint density at radius 2 is 2.07 bits per heavy atom. The van der Waals surface area contributed by atoms with Crippen molar-refractivity contribution in [3.8, 4) is 0 Å². The average molecular weight is 378 g/mol. The lowest BCUT2D eigenvalue weighted by Gasteiger charge is -2.23. The molecule has 0 amide bonds. The second-order valence-corrected chi connectivity index (χ2v) is 6.68. The molecule has 8 heteroatoms. The smallest absolute Gasteiger partial charge is 0.191 e. The number of aromatic nitrogens is 2. The molecular weight excluding hydrogens is 350 g/mol. The molecule has 0 aliphatic rings. The molecule has 1 aromatic carbocycles. The number of guanidine groups is 1. The Balaban J connectivity index is 2.14. The van der Waals surface area contributed by atoms with Gasteiger partial charge >= 0.3 is 0 Å². The quantitative estimate of drug-likeness (QED) is 0.574. The first kappa shape index (κ1) is 20.8. The number of hydrogen-bond donors (Lipinski definition) is 2. The Morgan fingerprint density at radius 3 is 2.63 bits per heavy atom. The van der Waals surface area contributed by atoms with Crippen molar-refractivity contribution in [2.75, 3.05) is 27.2 Å². The average Bonchev–Trinajstić information content (AvgIpc) is 3.00. The van der Waals surface area contributed by atoms with E-state index in [9.17, 15) is 8.78 Å². The largest absolute Gasteiger partial charge is 0.357 e. The molecule has 1 aromatic heterocycles. The fourth-order valence-corrected chi connectivity index (χ4v) is 2.81. The molecule has 148 valence electrons. The Kier molecular flexibility index (Phi) is 7.29. The second-order valence-electron chi connectivity index (χ2n) is 6.68. The van der Waals surface area contributed by atoms with Crippen LogP contribution in [0.25, 0.3) is 0 Å². The fraction of sp³-hybridized carbons (Fsp3) is 0.474. The van der Waals surface area contributed by atoms with Crippen LogP contribution < -0.4 is 10.6 Å². The summed E-state index contributed by atoms with van der Waals surface area (Å²) in [7, 11) is 5.86. The summed E-state index contributed by atoms with van der Waals surface area (Å²) >= 11 is 0. The van der Waals surface area contributed by atoms with Crippen molar-refractivity contribution in [1.29, 1.82) is 0 Å². The zero-order valence-corrected chi connectivity index (χ0v) is 16.5. The molecule has 0 aliphatic carbocycles. The first-order valence-electron chi connectivity index (χ1n) is 8.96. The van der Waals surface area contributed by atoms with E-state index in [0.717, 1.165) is 11.6 Å². The summed E-state index contributed by atoms with van der Waals surface area (Å²) < 4.78 is 28.9. The van der Waals surface area contributed by atoms with Gasteiger partial charge in [0.1, 0.15) is 11.6 Å². The molecule has 0 bridgehead atoms.